The Morgan fingerprint density at radius 3 is 2.62 bits per heavy atom. The molecule has 2 heterocycles. The molecule has 7 nitrogen and oxygen atoms in total. The lowest BCUT2D eigenvalue weighted by molar-refractivity contribution is -0.237. The fraction of sp³-hybridized carbons (Fsp3) is 0.929. The third-order valence-corrected chi connectivity index (χ3v) is 4.22. The van der Waals surface area contributed by atoms with Gasteiger partial charge in [0.1, 0.15) is 18.3 Å². The topological polar surface area (TPSA) is 110 Å². The zero-order valence-corrected chi connectivity index (χ0v) is 12.5. The van der Waals surface area contributed by atoms with Crippen LogP contribution in [-0.2, 0) is 9.53 Å². The van der Waals surface area contributed by atoms with Crippen LogP contribution in [0.15, 0.2) is 0 Å². The Kier molecular flexibility index (Phi) is 4.89. The molecule has 0 saturated carbocycles. The Hall–Kier alpha value is -0.730. The number of likely N-dealkylation sites (tertiary alicyclic amines) is 1. The zero-order chi connectivity index (χ0) is 15.8. The molecular formula is C14H25NO6. The highest BCUT2D eigenvalue weighted by Gasteiger charge is 2.54. The van der Waals surface area contributed by atoms with Crippen molar-refractivity contribution in [2.24, 2.45) is 11.8 Å². The van der Waals surface area contributed by atoms with Crippen molar-refractivity contribution < 1.29 is 30.0 Å². The van der Waals surface area contributed by atoms with E-state index in [0.29, 0.717) is 18.9 Å². The fourth-order valence-corrected chi connectivity index (χ4v) is 3.25. The minimum atomic E-state index is -2.03. The average molecular weight is 303 g/mol. The summed E-state index contributed by atoms with van der Waals surface area (Å²) in [5.74, 6) is -1.40. The van der Waals surface area contributed by atoms with Gasteiger partial charge in [-0.25, -0.2) is 0 Å². The molecule has 2 aliphatic rings. The number of rotatable bonds is 5. The number of aliphatic hydroxyl groups is 4. The highest BCUT2D eigenvalue weighted by Crippen LogP contribution is 2.32. The van der Waals surface area contributed by atoms with Gasteiger partial charge in [0.25, 0.3) is 0 Å². The van der Waals surface area contributed by atoms with Crippen molar-refractivity contribution in [1.82, 2.24) is 4.90 Å². The van der Waals surface area contributed by atoms with E-state index in [1.807, 2.05) is 0 Å². The maximum Gasteiger partial charge on any atom is 0.223 e. The van der Waals surface area contributed by atoms with Gasteiger partial charge in [0, 0.05) is 13.0 Å². The molecule has 0 aromatic rings. The van der Waals surface area contributed by atoms with Crippen LogP contribution in [0, 0.1) is 11.8 Å². The molecule has 0 aliphatic carbocycles. The molecule has 122 valence electrons. The maximum atomic E-state index is 12.0. The van der Waals surface area contributed by atoms with Gasteiger partial charge in [-0.15, -0.1) is 0 Å². The predicted octanol–water partition coefficient (Wildman–Crippen LogP) is -1.32. The summed E-state index contributed by atoms with van der Waals surface area (Å²) >= 11 is 0. The van der Waals surface area contributed by atoms with E-state index < -0.39 is 30.7 Å². The number of ether oxygens (including phenoxy) is 1. The van der Waals surface area contributed by atoms with E-state index in [2.05, 4.69) is 13.8 Å². The number of hydrogen-bond acceptors (Lipinski definition) is 6. The van der Waals surface area contributed by atoms with Gasteiger partial charge in [-0.1, -0.05) is 13.8 Å². The smallest absolute Gasteiger partial charge is 0.223 e. The minimum absolute atomic E-state index is 0.0909. The summed E-state index contributed by atoms with van der Waals surface area (Å²) in [5.41, 5.74) is 0. The van der Waals surface area contributed by atoms with Crippen LogP contribution in [-0.4, -0.2) is 75.0 Å². The van der Waals surface area contributed by atoms with E-state index in [1.165, 1.54) is 4.90 Å². The molecular weight excluding hydrogens is 278 g/mol. The second-order valence-electron chi connectivity index (χ2n) is 6.59. The second-order valence-corrected chi connectivity index (χ2v) is 6.59. The van der Waals surface area contributed by atoms with Gasteiger partial charge in [0.05, 0.1) is 13.2 Å². The van der Waals surface area contributed by atoms with Crippen LogP contribution in [0.25, 0.3) is 0 Å². The van der Waals surface area contributed by atoms with Crippen molar-refractivity contribution in [3.63, 3.8) is 0 Å². The lowest BCUT2D eigenvalue weighted by Crippen LogP contribution is -2.52. The molecule has 0 spiro atoms. The van der Waals surface area contributed by atoms with Crippen LogP contribution < -0.4 is 0 Å². The van der Waals surface area contributed by atoms with Gasteiger partial charge in [-0.2, -0.15) is 0 Å². The number of carbonyl (C=O) groups excluding carboxylic acids is 1. The zero-order valence-electron chi connectivity index (χ0n) is 12.5. The second kappa shape index (κ2) is 6.18. The molecule has 5 atom stereocenters. The third kappa shape index (κ3) is 3.37. The van der Waals surface area contributed by atoms with E-state index in [9.17, 15) is 20.1 Å². The Balaban J connectivity index is 1.99. The van der Waals surface area contributed by atoms with Crippen molar-refractivity contribution in [2.75, 3.05) is 19.7 Å². The van der Waals surface area contributed by atoms with E-state index in [4.69, 9.17) is 9.84 Å². The van der Waals surface area contributed by atoms with Gasteiger partial charge < -0.3 is 30.1 Å². The highest BCUT2D eigenvalue weighted by molar-refractivity contribution is 5.78. The van der Waals surface area contributed by atoms with Gasteiger partial charge in [0.15, 0.2) is 0 Å². The van der Waals surface area contributed by atoms with Crippen molar-refractivity contribution in [3.05, 3.63) is 0 Å². The minimum Gasteiger partial charge on any atom is -0.394 e. The first-order valence-corrected chi connectivity index (χ1v) is 7.41. The van der Waals surface area contributed by atoms with E-state index in [-0.39, 0.29) is 18.4 Å². The summed E-state index contributed by atoms with van der Waals surface area (Å²) in [5, 5.41) is 39.0. The number of nitrogens with zero attached hydrogens (tertiary/aromatic N) is 1. The lowest BCUT2D eigenvalue weighted by Gasteiger charge is -2.31. The molecule has 2 fully saturated rings. The summed E-state index contributed by atoms with van der Waals surface area (Å²) in [6.45, 7) is 3.98. The molecule has 0 aromatic carbocycles. The summed E-state index contributed by atoms with van der Waals surface area (Å²) in [4.78, 5) is 13.5. The Morgan fingerprint density at radius 2 is 2.10 bits per heavy atom. The van der Waals surface area contributed by atoms with Crippen LogP contribution in [0.5, 0.6) is 0 Å². The van der Waals surface area contributed by atoms with Gasteiger partial charge in [-0.05, 0) is 18.3 Å². The van der Waals surface area contributed by atoms with Gasteiger partial charge in [0.2, 0.25) is 11.7 Å². The lowest BCUT2D eigenvalue weighted by atomic mass is 9.96. The Morgan fingerprint density at radius 1 is 1.43 bits per heavy atom. The van der Waals surface area contributed by atoms with E-state index in [1.54, 1.807) is 0 Å². The molecule has 7 heteroatoms. The first kappa shape index (κ1) is 16.6. The van der Waals surface area contributed by atoms with E-state index in [0.717, 1.165) is 6.42 Å². The van der Waals surface area contributed by atoms with Crippen molar-refractivity contribution in [1.29, 1.82) is 0 Å². The molecule has 1 amide bonds. The summed E-state index contributed by atoms with van der Waals surface area (Å²) < 4.78 is 5.16. The van der Waals surface area contributed by atoms with Crippen LogP contribution in [0.4, 0.5) is 0 Å². The van der Waals surface area contributed by atoms with E-state index >= 15 is 0 Å². The molecule has 2 saturated heterocycles. The van der Waals surface area contributed by atoms with Crippen LogP contribution in [0.3, 0.4) is 0 Å². The predicted molar refractivity (Wildman–Crippen MR) is 73.1 cm³/mol. The van der Waals surface area contributed by atoms with Crippen LogP contribution in [0.1, 0.15) is 26.7 Å². The number of aliphatic hydroxyl groups excluding tert-OH is 3. The Labute approximate surface area is 124 Å². The monoisotopic (exact) mass is 303 g/mol. The standard InChI is InChI=1S/C14H25NO6/c1-8(2)3-9-4-11(17)15(5-9)7-14(20)13(19)12(18)10(6-16)21-14/h8-10,12-13,16,18-20H,3-7H2,1-2H3/t9-,10-,12-,13+,14-/m1/s1. The van der Waals surface area contributed by atoms with Crippen molar-refractivity contribution in [2.45, 2.75) is 50.8 Å². The maximum absolute atomic E-state index is 12.0. The number of carbonyl (C=O) groups is 1. The molecule has 0 unspecified atom stereocenters. The SMILES string of the molecule is CC(C)C[C@@H]1CC(=O)N(C[C@@]2(O)O[C@H](CO)[C@@H](O)[C@@H]2O)C1. The summed E-state index contributed by atoms with van der Waals surface area (Å²) in [7, 11) is 0. The van der Waals surface area contributed by atoms with Crippen LogP contribution in [0.2, 0.25) is 0 Å². The number of hydrogen-bond donors (Lipinski definition) is 4. The first-order chi connectivity index (χ1) is 9.76. The fourth-order valence-electron chi connectivity index (χ4n) is 3.25. The van der Waals surface area contributed by atoms with Crippen molar-refractivity contribution >= 4 is 5.91 Å². The molecule has 2 rings (SSSR count). The Bertz CT molecular complexity index is 390. The van der Waals surface area contributed by atoms with Crippen molar-refractivity contribution in [3.8, 4) is 0 Å². The summed E-state index contributed by atoms with van der Waals surface area (Å²) in [6.07, 6.45) is -2.62. The molecule has 2 aliphatic heterocycles. The van der Waals surface area contributed by atoms with Gasteiger partial charge in [-0.3, -0.25) is 4.79 Å². The van der Waals surface area contributed by atoms with Crippen LogP contribution >= 0.6 is 0 Å². The quantitative estimate of drug-likeness (QED) is 0.501. The first-order valence-electron chi connectivity index (χ1n) is 7.41. The largest absolute Gasteiger partial charge is 0.394 e. The number of β-amino-alcohol motifs (C(OH)–C–C–N with tert-alkyl or cyclic N) is 1. The average Bonchev–Trinajstić information content (AvgIpc) is 2.82. The molecule has 0 radical (unpaired) electrons. The molecule has 0 aromatic heterocycles. The molecule has 0 bridgehead atoms. The van der Waals surface area contributed by atoms with Gasteiger partial charge >= 0.3 is 0 Å². The number of amides is 1. The normalized spacial score (nSPS) is 40.5. The third-order valence-electron chi connectivity index (χ3n) is 4.22. The highest BCUT2D eigenvalue weighted by atomic mass is 16.7. The molecule has 21 heavy (non-hydrogen) atoms. The summed E-state index contributed by atoms with van der Waals surface area (Å²) in [6, 6.07) is 0. The molecule has 4 N–H and O–H groups in total.